The van der Waals surface area contributed by atoms with Crippen molar-refractivity contribution in [1.29, 1.82) is 0 Å². The average Bonchev–Trinajstić information content (AvgIpc) is 2.50. The van der Waals surface area contributed by atoms with Gasteiger partial charge in [-0.05, 0) is 57.0 Å². The van der Waals surface area contributed by atoms with Gasteiger partial charge < -0.3 is 4.90 Å². The zero-order valence-corrected chi connectivity index (χ0v) is 15.0. The molecule has 0 spiro atoms. The van der Waals surface area contributed by atoms with Crippen molar-refractivity contribution in [3.8, 4) is 0 Å². The first-order valence-electron chi connectivity index (χ1n) is 8.80. The maximum absolute atomic E-state index is 12.0. The first-order valence-corrected chi connectivity index (χ1v) is 10.1. The van der Waals surface area contributed by atoms with Crippen molar-refractivity contribution >= 4 is 5.78 Å². The number of likely N-dealkylation sites (tertiary alicyclic amines) is 1. The summed E-state index contributed by atoms with van der Waals surface area (Å²) in [6.45, 7) is 1.24. The molecule has 1 saturated heterocycles. The van der Waals surface area contributed by atoms with Crippen LogP contribution >= 0.6 is 0 Å². The van der Waals surface area contributed by atoms with E-state index >= 15 is 0 Å². The van der Waals surface area contributed by atoms with Crippen molar-refractivity contribution in [1.82, 2.24) is 4.90 Å². The summed E-state index contributed by atoms with van der Waals surface area (Å²) >= 11 is 0. The monoisotopic (exact) mass is 361 g/mol. The number of hydrogen-bond donors (Lipinski definition) is 3. The molecule has 0 aromatic rings. The Morgan fingerprint density at radius 2 is 1.92 bits per heavy atom. The third-order valence-corrected chi connectivity index (χ3v) is 6.60. The summed E-state index contributed by atoms with van der Waals surface area (Å²) in [4.78, 5) is 14.6. The molecule has 1 heterocycles. The number of Topliss-reactive ketones (excluding diaryl/α,β-unsaturated/α-hetero) is 1. The molecule has 3 aliphatic carbocycles. The minimum atomic E-state index is -4.19. The molecular weight excluding hydrogens is 334 g/mol. The van der Waals surface area contributed by atoms with Crippen molar-refractivity contribution in [2.45, 2.75) is 63.8 Å². The molecular formula is C17H28ClNO5. The van der Waals surface area contributed by atoms with Crippen LogP contribution in [0, 0.1) is 21.6 Å². The Bertz CT molecular complexity index is 538. The van der Waals surface area contributed by atoms with E-state index in [1.807, 2.05) is 0 Å². The van der Waals surface area contributed by atoms with Crippen LogP contribution in [0.4, 0.5) is 0 Å². The Hall–Kier alpha value is -0.500. The molecule has 0 amide bonds. The SMILES string of the molecule is CN1CCC23CCCCC2C1CC1=C3CC(=O)CC1.[O-][Cl+](O)(O)O. The number of hydrogen-bond acceptors (Lipinski definition) is 6. The van der Waals surface area contributed by atoms with Crippen molar-refractivity contribution in [2.24, 2.45) is 11.3 Å². The summed E-state index contributed by atoms with van der Waals surface area (Å²) in [5, 5.41) is 0. The Kier molecular flexibility index (Phi) is 5.08. The normalized spacial score (nSPS) is 37.1. The number of carbonyl (C=O) groups is 1. The number of allylic oxidation sites excluding steroid dienone is 1. The molecule has 2 bridgehead atoms. The van der Waals surface area contributed by atoms with Gasteiger partial charge in [-0.2, -0.15) is 0 Å². The second kappa shape index (κ2) is 6.67. The summed E-state index contributed by atoms with van der Waals surface area (Å²) in [5.41, 5.74) is 3.77. The van der Waals surface area contributed by atoms with Gasteiger partial charge in [-0.1, -0.05) is 24.0 Å². The van der Waals surface area contributed by atoms with Crippen LogP contribution in [0.1, 0.15) is 57.8 Å². The minimum absolute atomic E-state index is 0.444. The predicted octanol–water partition coefficient (Wildman–Crippen LogP) is 0.460. The number of piperidine rings is 1. The van der Waals surface area contributed by atoms with Gasteiger partial charge in [0.2, 0.25) is 0 Å². The van der Waals surface area contributed by atoms with Gasteiger partial charge in [0.1, 0.15) is 5.78 Å². The van der Waals surface area contributed by atoms with Crippen LogP contribution in [0.3, 0.4) is 0 Å². The Morgan fingerprint density at radius 1 is 1.21 bits per heavy atom. The molecule has 0 aromatic heterocycles. The Labute approximate surface area is 144 Å². The number of ketones is 1. The van der Waals surface area contributed by atoms with Gasteiger partial charge in [0.25, 0.3) is 0 Å². The van der Waals surface area contributed by atoms with Gasteiger partial charge in [-0.25, -0.2) is 0 Å². The standard InChI is InChI=1S/C17H25NO.ClH3O4/c1-18-9-8-17-7-3-2-4-14(17)16(18)10-12-5-6-13(19)11-15(12)17;2-1(3,4)5/h14,16H,2-11H2,1H3;2-4H. The van der Waals surface area contributed by atoms with E-state index < -0.39 is 10.2 Å². The molecule has 4 aliphatic rings. The first kappa shape index (κ1) is 18.3. The zero-order chi connectivity index (χ0) is 17.5. The number of nitrogens with zero attached hydrogens (tertiary/aromatic N) is 1. The summed E-state index contributed by atoms with van der Waals surface area (Å²) in [5.74, 6) is 1.36. The number of halogens is 1. The quantitative estimate of drug-likeness (QED) is 0.541. The molecule has 0 radical (unpaired) electrons. The summed E-state index contributed by atoms with van der Waals surface area (Å²) in [6, 6.07) is 0.779. The Balaban J connectivity index is 0.000000300. The fourth-order valence-corrected chi connectivity index (χ4v) is 5.67. The molecule has 4 rings (SSSR count). The van der Waals surface area contributed by atoms with E-state index in [0.29, 0.717) is 11.2 Å². The Morgan fingerprint density at radius 3 is 2.62 bits per heavy atom. The fourth-order valence-electron chi connectivity index (χ4n) is 5.67. The van der Waals surface area contributed by atoms with E-state index in [9.17, 15) is 4.79 Å². The molecule has 24 heavy (non-hydrogen) atoms. The van der Waals surface area contributed by atoms with Crippen molar-refractivity contribution in [2.75, 3.05) is 13.6 Å². The molecule has 138 valence electrons. The summed E-state index contributed by atoms with van der Waals surface area (Å²) < 4.78 is 30.2. The second-order valence-electron chi connectivity index (χ2n) is 7.74. The zero-order valence-electron chi connectivity index (χ0n) is 14.2. The molecule has 3 N–H and O–H groups in total. The third-order valence-electron chi connectivity index (χ3n) is 6.60. The van der Waals surface area contributed by atoms with Gasteiger partial charge >= 0.3 is 28.9 Å². The molecule has 2 fully saturated rings. The molecule has 3 atom stereocenters. The van der Waals surface area contributed by atoms with Gasteiger partial charge in [-0.3, -0.25) is 4.79 Å². The molecule has 7 heteroatoms. The van der Waals surface area contributed by atoms with Crippen LogP contribution in [0.15, 0.2) is 11.1 Å². The fraction of sp³-hybridized carbons (Fsp3) is 0.824. The van der Waals surface area contributed by atoms with Crippen LogP contribution in [0.25, 0.3) is 0 Å². The van der Waals surface area contributed by atoms with E-state index in [1.54, 1.807) is 11.1 Å². The van der Waals surface area contributed by atoms with Crippen LogP contribution in [-0.4, -0.2) is 44.3 Å². The summed E-state index contributed by atoms with van der Waals surface area (Å²) in [7, 11) is -1.87. The van der Waals surface area contributed by atoms with Crippen molar-refractivity contribution in [3.63, 3.8) is 0 Å². The third kappa shape index (κ3) is 3.54. The van der Waals surface area contributed by atoms with E-state index in [-0.39, 0.29) is 0 Å². The van der Waals surface area contributed by atoms with Crippen molar-refractivity contribution < 1.29 is 33.7 Å². The van der Waals surface area contributed by atoms with Gasteiger partial charge in [0, 0.05) is 18.9 Å². The average molecular weight is 362 g/mol. The predicted molar refractivity (Wildman–Crippen MR) is 82.6 cm³/mol. The van der Waals surface area contributed by atoms with Crippen molar-refractivity contribution in [3.05, 3.63) is 11.1 Å². The number of carbonyl (C=O) groups excluding carboxylic acids is 1. The van der Waals surface area contributed by atoms with E-state index in [0.717, 1.165) is 31.2 Å². The van der Waals surface area contributed by atoms with Crippen LogP contribution in [0.5, 0.6) is 0 Å². The van der Waals surface area contributed by atoms with Gasteiger partial charge in [-0.15, -0.1) is 0 Å². The molecule has 1 saturated carbocycles. The van der Waals surface area contributed by atoms with Gasteiger partial charge in [0.05, 0.1) is 0 Å². The van der Waals surface area contributed by atoms with E-state index in [4.69, 9.17) is 18.6 Å². The molecule has 1 aliphatic heterocycles. The molecule has 3 unspecified atom stereocenters. The first-order chi connectivity index (χ1) is 11.2. The van der Waals surface area contributed by atoms with Gasteiger partial charge in [0.15, 0.2) is 0 Å². The topological polar surface area (TPSA) is 104 Å². The van der Waals surface area contributed by atoms with Crippen LogP contribution < -0.4 is 4.66 Å². The molecule has 0 aromatic carbocycles. The van der Waals surface area contributed by atoms with Crippen LogP contribution in [-0.2, 0) is 4.79 Å². The van der Waals surface area contributed by atoms with E-state index in [1.165, 1.54) is 45.1 Å². The molecule has 6 nitrogen and oxygen atoms in total. The number of rotatable bonds is 0. The van der Waals surface area contributed by atoms with E-state index in [2.05, 4.69) is 11.9 Å². The second-order valence-corrected chi connectivity index (χ2v) is 8.61. The maximum atomic E-state index is 12.0. The summed E-state index contributed by atoms with van der Waals surface area (Å²) in [6.07, 6.45) is 10.9. The van der Waals surface area contributed by atoms with Crippen LogP contribution in [0.2, 0.25) is 0 Å².